The number of carbonyl (C=O) groups excluding carboxylic acids is 2. The van der Waals surface area contributed by atoms with E-state index in [1.54, 1.807) is 0 Å². The molecule has 0 bridgehead atoms. The van der Waals surface area contributed by atoms with Gasteiger partial charge in [-0.3, -0.25) is 10.1 Å². The molecule has 0 aromatic heterocycles. The van der Waals surface area contributed by atoms with Crippen molar-refractivity contribution in [1.29, 1.82) is 0 Å². The minimum absolute atomic E-state index is 0.0207. The van der Waals surface area contributed by atoms with E-state index in [9.17, 15) is 19.7 Å². The highest BCUT2D eigenvalue weighted by molar-refractivity contribution is 6.60. The first-order valence-electron chi connectivity index (χ1n) is 6.54. The van der Waals surface area contributed by atoms with Crippen LogP contribution < -0.4 is 5.32 Å². The van der Waals surface area contributed by atoms with E-state index in [4.69, 9.17) is 10.3 Å². The Kier molecular flexibility index (Phi) is 6.89. The number of hydrogen-bond donors (Lipinski definition) is 1. The summed E-state index contributed by atoms with van der Waals surface area (Å²) in [4.78, 5) is 35.3. The number of non-ortho nitro benzene ring substituents is 1. The number of nitrogens with zero attached hydrogens (tertiary/aromatic N) is 3. The molecule has 0 heterocycles. The Morgan fingerprint density at radius 2 is 1.87 bits per heavy atom. The molecule has 1 N–H and O–H groups in total. The van der Waals surface area contributed by atoms with Crippen LogP contribution in [-0.4, -0.2) is 47.1 Å². The lowest BCUT2D eigenvalue weighted by atomic mass is 10.3. The predicted octanol–water partition coefficient (Wildman–Crippen LogP) is 0.784. The highest BCUT2D eigenvalue weighted by Gasteiger charge is 2.32. The molecule has 10 nitrogen and oxygen atoms in total. The molecule has 10 heteroatoms. The van der Waals surface area contributed by atoms with Crippen LogP contribution in [0.5, 0.6) is 0 Å². The van der Waals surface area contributed by atoms with Crippen LogP contribution in [0, 0.1) is 10.1 Å². The van der Waals surface area contributed by atoms with Gasteiger partial charge < -0.3 is 20.3 Å². The monoisotopic (exact) mass is 322 g/mol. The number of anilines is 1. The van der Waals surface area contributed by atoms with E-state index in [0.717, 1.165) is 0 Å². The van der Waals surface area contributed by atoms with Crippen LogP contribution in [0.25, 0.3) is 5.53 Å². The zero-order chi connectivity index (χ0) is 17.2. The molecular formula is C13H14N4O6. The normalized spacial score (nSPS) is 9.43. The summed E-state index contributed by atoms with van der Waals surface area (Å²) in [7, 11) is 0. The van der Waals surface area contributed by atoms with Gasteiger partial charge in [-0.1, -0.05) is 0 Å². The van der Waals surface area contributed by atoms with E-state index in [1.165, 1.54) is 31.2 Å². The standard InChI is InChI=1S/C13H14N4O6/c1-2-22-12(18)11(16-14)13(19)23-8-7-15-9-3-5-10(6-4-9)17(20)21/h3-6,15H,2,7-8H2,1H3. The lowest BCUT2D eigenvalue weighted by Crippen LogP contribution is -2.30. The molecule has 0 saturated carbocycles. The van der Waals surface area contributed by atoms with Gasteiger partial charge in [0, 0.05) is 24.4 Å². The summed E-state index contributed by atoms with van der Waals surface area (Å²) in [5, 5.41) is 13.4. The first kappa shape index (κ1) is 17.8. The van der Waals surface area contributed by atoms with Crippen LogP contribution in [0.3, 0.4) is 0 Å². The van der Waals surface area contributed by atoms with Crippen molar-refractivity contribution in [2.75, 3.05) is 25.1 Å². The number of nitro groups is 1. The summed E-state index contributed by atoms with van der Waals surface area (Å²) in [6, 6.07) is 5.65. The van der Waals surface area contributed by atoms with Crippen molar-refractivity contribution in [1.82, 2.24) is 0 Å². The molecule has 0 unspecified atom stereocenters. The Labute approximate surface area is 130 Å². The minimum atomic E-state index is -1.11. The van der Waals surface area contributed by atoms with Crippen molar-refractivity contribution in [3.05, 3.63) is 39.9 Å². The van der Waals surface area contributed by atoms with Gasteiger partial charge in [0.1, 0.15) is 6.61 Å². The first-order chi connectivity index (χ1) is 11.0. The SMILES string of the molecule is CCOC(=O)C(=[N+]=[N-])C(=O)OCCNc1ccc([N+](=O)[O-])cc1. The van der Waals surface area contributed by atoms with E-state index in [0.29, 0.717) is 5.69 Å². The van der Waals surface area contributed by atoms with Crippen molar-refractivity contribution < 1.29 is 28.8 Å². The zero-order valence-corrected chi connectivity index (χ0v) is 12.2. The highest BCUT2D eigenvalue weighted by atomic mass is 16.6. The van der Waals surface area contributed by atoms with Gasteiger partial charge in [0.2, 0.25) is 0 Å². The van der Waals surface area contributed by atoms with Gasteiger partial charge in [0.25, 0.3) is 5.69 Å². The van der Waals surface area contributed by atoms with Crippen LogP contribution in [0.4, 0.5) is 11.4 Å². The first-order valence-corrected chi connectivity index (χ1v) is 6.54. The number of hydrogen-bond acceptors (Lipinski definition) is 7. The fourth-order valence-corrected chi connectivity index (χ4v) is 1.47. The van der Waals surface area contributed by atoms with Crippen LogP contribution >= 0.6 is 0 Å². The van der Waals surface area contributed by atoms with Crippen molar-refractivity contribution >= 4 is 29.0 Å². The minimum Gasteiger partial charge on any atom is -0.457 e. The smallest absolute Gasteiger partial charge is 0.457 e. The number of rotatable bonds is 8. The van der Waals surface area contributed by atoms with Gasteiger partial charge in [-0.2, -0.15) is 4.79 Å². The third kappa shape index (κ3) is 5.56. The molecule has 0 aliphatic carbocycles. The largest absolute Gasteiger partial charge is 0.482 e. The third-order valence-corrected chi connectivity index (χ3v) is 2.50. The molecule has 0 radical (unpaired) electrons. The number of carbonyl (C=O) groups is 2. The lowest BCUT2D eigenvalue weighted by Gasteiger charge is -2.06. The fourth-order valence-electron chi connectivity index (χ4n) is 1.47. The molecule has 1 aromatic rings. The summed E-state index contributed by atoms with van der Waals surface area (Å²) < 4.78 is 9.27. The Hall–Kier alpha value is -3.26. The molecule has 1 aromatic carbocycles. The second kappa shape index (κ2) is 8.90. The van der Waals surface area contributed by atoms with Gasteiger partial charge in [-0.15, -0.1) is 0 Å². The lowest BCUT2D eigenvalue weighted by molar-refractivity contribution is -0.384. The number of esters is 2. The third-order valence-electron chi connectivity index (χ3n) is 2.50. The zero-order valence-electron chi connectivity index (χ0n) is 12.2. The fraction of sp³-hybridized carbons (Fsp3) is 0.308. The van der Waals surface area contributed by atoms with Crippen molar-refractivity contribution in [3.8, 4) is 0 Å². The van der Waals surface area contributed by atoms with E-state index in [2.05, 4.69) is 14.8 Å². The summed E-state index contributed by atoms with van der Waals surface area (Å²) in [5.41, 5.74) is 8.32. The summed E-state index contributed by atoms with van der Waals surface area (Å²) in [5.74, 6) is -2.19. The quantitative estimate of drug-likeness (QED) is 0.109. The van der Waals surface area contributed by atoms with Crippen LogP contribution in [0.2, 0.25) is 0 Å². The maximum atomic E-state index is 11.5. The van der Waals surface area contributed by atoms with E-state index in [-0.39, 0.29) is 25.4 Å². The molecule has 23 heavy (non-hydrogen) atoms. The Morgan fingerprint density at radius 1 is 1.26 bits per heavy atom. The average Bonchev–Trinajstić information content (AvgIpc) is 2.53. The van der Waals surface area contributed by atoms with Gasteiger partial charge >= 0.3 is 17.7 Å². The molecule has 1 rings (SSSR count). The van der Waals surface area contributed by atoms with Crippen LogP contribution in [0.15, 0.2) is 24.3 Å². The maximum Gasteiger partial charge on any atom is 0.482 e. The van der Waals surface area contributed by atoms with Gasteiger partial charge in [-0.25, -0.2) is 9.59 Å². The van der Waals surface area contributed by atoms with Crippen molar-refractivity contribution in [2.24, 2.45) is 0 Å². The van der Waals surface area contributed by atoms with Crippen LogP contribution in [-0.2, 0) is 19.1 Å². The predicted molar refractivity (Wildman–Crippen MR) is 77.8 cm³/mol. The topological polar surface area (TPSA) is 144 Å². The molecule has 0 aliphatic heterocycles. The molecule has 122 valence electrons. The van der Waals surface area contributed by atoms with Gasteiger partial charge in [-0.05, 0) is 19.1 Å². The van der Waals surface area contributed by atoms with E-state index in [1.807, 2.05) is 0 Å². The Balaban J connectivity index is 2.41. The van der Waals surface area contributed by atoms with Gasteiger partial charge in [0.05, 0.1) is 11.5 Å². The molecule has 0 atom stereocenters. The highest BCUT2D eigenvalue weighted by Crippen LogP contribution is 2.14. The van der Waals surface area contributed by atoms with Gasteiger partial charge in [0.15, 0.2) is 0 Å². The molecule has 0 fully saturated rings. The number of nitrogens with one attached hydrogen (secondary N) is 1. The van der Waals surface area contributed by atoms with Crippen molar-refractivity contribution in [3.63, 3.8) is 0 Å². The second-order valence-corrected chi connectivity index (χ2v) is 4.04. The summed E-state index contributed by atoms with van der Waals surface area (Å²) in [6.45, 7) is 1.62. The molecular weight excluding hydrogens is 308 g/mol. The summed E-state index contributed by atoms with van der Waals surface area (Å²) in [6.07, 6.45) is 0. The summed E-state index contributed by atoms with van der Waals surface area (Å²) >= 11 is 0. The second-order valence-electron chi connectivity index (χ2n) is 4.04. The Morgan fingerprint density at radius 3 is 2.39 bits per heavy atom. The van der Waals surface area contributed by atoms with E-state index < -0.39 is 22.6 Å². The average molecular weight is 322 g/mol. The number of benzene rings is 1. The number of ether oxygens (including phenoxy) is 2. The number of nitro benzene ring substituents is 1. The maximum absolute atomic E-state index is 11.5. The Bertz CT molecular complexity index is 636. The molecule has 0 spiro atoms. The molecule has 0 aliphatic rings. The van der Waals surface area contributed by atoms with Crippen molar-refractivity contribution in [2.45, 2.75) is 6.92 Å². The molecule has 0 saturated heterocycles. The van der Waals surface area contributed by atoms with Crippen LogP contribution in [0.1, 0.15) is 6.92 Å². The molecule has 0 amide bonds. The van der Waals surface area contributed by atoms with E-state index >= 15 is 0 Å².